The van der Waals surface area contributed by atoms with E-state index in [9.17, 15) is 9.59 Å². The lowest BCUT2D eigenvalue weighted by atomic mass is 10.0. The van der Waals surface area contributed by atoms with Gasteiger partial charge >= 0.3 is 6.09 Å². The molecule has 0 atom stereocenters. The average molecular weight is 568 g/mol. The van der Waals surface area contributed by atoms with Crippen molar-refractivity contribution in [2.75, 3.05) is 39.0 Å². The first-order valence-electron chi connectivity index (χ1n) is 13.1. The summed E-state index contributed by atoms with van der Waals surface area (Å²) in [5, 5.41) is 5.55. The lowest BCUT2D eigenvalue weighted by molar-refractivity contribution is 0.102. The summed E-state index contributed by atoms with van der Waals surface area (Å²) in [6.45, 7) is 0.248. The molecule has 0 radical (unpaired) electrons. The van der Waals surface area contributed by atoms with Crippen LogP contribution < -0.4 is 30.6 Å². The second-order valence-electron chi connectivity index (χ2n) is 9.18. The fraction of sp³-hybridized carbons (Fsp3) is 0.152. The van der Waals surface area contributed by atoms with E-state index in [1.54, 1.807) is 69.9 Å². The number of benzene rings is 4. The summed E-state index contributed by atoms with van der Waals surface area (Å²) < 4.78 is 21.6. The molecule has 42 heavy (non-hydrogen) atoms. The first-order chi connectivity index (χ1) is 20.4. The number of para-hydroxylation sites is 2. The second-order valence-corrected chi connectivity index (χ2v) is 9.18. The Bertz CT molecular complexity index is 1550. The van der Waals surface area contributed by atoms with Crippen LogP contribution in [0.1, 0.15) is 27.0 Å². The van der Waals surface area contributed by atoms with Gasteiger partial charge in [-0.15, -0.1) is 0 Å². The topological polar surface area (TPSA) is 121 Å². The number of alkyl carbamates (subject to hydrolysis) is 1. The van der Waals surface area contributed by atoms with E-state index in [0.29, 0.717) is 28.4 Å². The Balaban J connectivity index is 1.38. The van der Waals surface area contributed by atoms with Crippen LogP contribution in [0.4, 0.5) is 16.2 Å². The zero-order valence-corrected chi connectivity index (χ0v) is 23.7. The number of amides is 2. The van der Waals surface area contributed by atoms with E-state index in [1.165, 1.54) is 0 Å². The molecule has 0 spiro atoms. The van der Waals surface area contributed by atoms with Gasteiger partial charge in [-0.05, 0) is 76.9 Å². The Morgan fingerprint density at radius 3 is 2.14 bits per heavy atom. The zero-order chi connectivity index (χ0) is 29.9. The van der Waals surface area contributed by atoms with Gasteiger partial charge in [0.1, 0.15) is 12.4 Å². The van der Waals surface area contributed by atoms with Gasteiger partial charge in [0.25, 0.3) is 5.91 Å². The van der Waals surface area contributed by atoms with Crippen LogP contribution in [0, 0.1) is 0 Å². The molecule has 2 amide bonds. The average Bonchev–Trinajstić information content (AvgIpc) is 3.03. The number of carbonyl (C=O) groups is 2. The SMILES string of the molecule is COc1ccc(C(=Cc2ccc(OC)c(OC)c2)COC(=O)NCc2ccc(C(=O)Nc3ccccc3N)cc2)cc1. The zero-order valence-electron chi connectivity index (χ0n) is 23.7. The predicted molar refractivity (Wildman–Crippen MR) is 164 cm³/mol. The molecule has 4 aromatic rings. The molecule has 0 saturated heterocycles. The Labute approximate surface area is 244 Å². The summed E-state index contributed by atoms with van der Waals surface area (Å²) in [6, 6.07) is 27.0. The Kier molecular flexibility index (Phi) is 10.0. The molecule has 9 heteroatoms. The van der Waals surface area contributed by atoms with E-state index in [1.807, 2.05) is 48.5 Å². The van der Waals surface area contributed by atoms with Crippen molar-refractivity contribution >= 4 is 35.0 Å². The van der Waals surface area contributed by atoms with Gasteiger partial charge in [0, 0.05) is 12.1 Å². The highest BCUT2D eigenvalue weighted by molar-refractivity contribution is 6.05. The summed E-state index contributed by atoms with van der Waals surface area (Å²) in [5.41, 5.74) is 10.7. The fourth-order valence-corrected chi connectivity index (χ4v) is 4.11. The van der Waals surface area contributed by atoms with Gasteiger partial charge < -0.3 is 35.3 Å². The molecule has 4 rings (SSSR count). The third-order valence-electron chi connectivity index (χ3n) is 6.43. The second kappa shape index (κ2) is 14.3. The number of rotatable bonds is 11. The molecular weight excluding hydrogens is 534 g/mol. The van der Waals surface area contributed by atoms with Crippen molar-refractivity contribution in [1.29, 1.82) is 0 Å². The van der Waals surface area contributed by atoms with E-state index in [2.05, 4.69) is 10.6 Å². The standard InChI is InChI=1S/C33H33N3O6/c1-39-27-15-13-24(14-16-27)26(18-23-10-17-30(40-2)31(19-23)41-3)21-42-33(38)35-20-22-8-11-25(12-9-22)32(37)36-29-7-5-4-6-28(29)34/h4-19H,20-21,34H2,1-3H3,(H,35,38)(H,36,37). The fourth-order valence-electron chi connectivity index (χ4n) is 4.11. The minimum atomic E-state index is -0.580. The first kappa shape index (κ1) is 29.5. The van der Waals surface area contributed by atoms with Crippen molar-refractivity contribution < 1.29 is 28.5 Å². The minimum absolute atomic E-state index is 0.0221. The third kappa shape index (κ3) is 7.82. The monoisotopic (exact) mass is 567 g/mol. The van der Waals surface area contributed by atoms with Crippen molar-refractivity contribution in [2.45, 2.75) is 6.54 Å². The van der Waals surface area contributed by atoms with Gasteiger partial charge in [-0.2, -0.15) is 0 Å². The van der Waals surface area contributed by atoms with Gasteiger partial charge in [0.2, 0.25) is 0 Å². The highest BCUT2D eigenvalue weighted by Gasteiger charge is 2.11. The molecule has 0 aromatic heterocycles. The third-order valence-corrected chi connectivity index (χ3v) is 6.43. The molecule has 9 nitrogen and oxygen atoms in total. The van der Waals surface area contributed by atoms with Gasteiger partial charge in [0.05, 0.1) is 32.7 Å². The van der Waals surface area contributed by atoms with Gasteiger partial charge in [-0.25, -0.2) is 4.79 Å². The summed E-state index contributed by atoms with van der Waals surface area (Å²) in [5.74, 6) is 1.65. The maximum Gasteiger partial charge on any atom is 0.407 e. The molecular formula is C33H33N3O6. The molecule has 0 bridgehead atoms. The van der Waals surface area contributed by atoms with Gasteiger partial charge in [-0.3, -0.25) is 4.79 Å². The molecule has 0 fully saturated rings. The van der Waals surface area contributed by atoms with Crippen molar-refractivity contribution in [3.05, 3.63) is 113 Å². The molecule has 4 aromatic carbocycles. The van der Waals surface area contributed by atoms with Crippen molar-refractivity contribution in [3.8, 4) is 17.2 Å². The van der Waals surface area contributed by atoms with Gasteiger partial charge in [0.15, 0.2) is 11.5 Å². The van der Waals surface area contributed by atoms with E-state index in [0.717, 1.165) is 28.0 Å². The number of ether oxygens (including phenoxy) is 4. The van der Waals surface area contributed by atoms with Crippen molar-refractivity contribution in [1.82, 2.24) is 5.32 Å². The molecule has 0 saturated carbocycles. The number of nitrogen functional groups attached to an aromatic ring is 1. The van der Waals surface area contributed by atoms with Crippen LogP contribution in [0.3, 0.4) is 0 Å². The Morgan fingerprint density at radius 2 is 1.48 bits per heavy atom. The van der Waals surface area contributed by atoms with Crippen LogP contribution in [0.5, 0.6) is 17.2 Å². The molecule has 0 unspecified atom stereocenters. The summed E-state index contributed by atoms with van der Waals surface area (Å²) in [4.78, 5) is 25.2. The van der Waals surface area contributed by atoms with Crippen LogP contribution in [0.25, 0.3) is 11.6 Å². The smallest absolute Gasteiger partial charge is 0.407 e. The number of nitrogens with two attached hydrogens (primary N) is 1. The van der Waals surface area contributed by atoms with Crippen LogP contribution in [0.15, 0.2) is 91.0 Å². The quantitative estimate of drug-likeness (QED) is 0.150. The van der Waals surface area contributed by atoms with E-state index in [4.69, 9.17) is 24.7 Å². The molecule has 216 valence electrons. The number of hydrogen-bond donors (Lipinski definition) is 3. The molecule has 0 aliphatic heterocycles. The Hall–Kier alpha value is -5.44. The van der Waals surface area contributed by atoms with Crippen LogP contribution in [0.2, 0.25) is 0 Å². The lowest BCUT2D eigenvalue weighted by Gasteiger charge is -2.13. The maximum atomic E-state index is 12.6. The molecule has 4 N–H and O–H groups in total. The van der Waals surface area contributed by atoms with Crippen molar-refractivity contribution in [2.24, 2.45) is 0 Å². The largest absolute Gasteiger partial charge is 0.497 e. The van der Waals surface area contributed by atoms with Crippen LogP contribution >= 0.6 is 0 Å². The summed E-state index contributed by atoms with van der Waals surface area (Å²) in [6.07, 6.45) is 1.34. The number of anilines is 2. The minimum Gasteiger partial charge on any atom is -0.497 e. The van der Waals surface area contributed by atoms with Crippen LogP contribution in [-0.2, 0) is 11.3 Å². The van der Waals surface area contributed by atoms with Crippen LogP contribution in [-0.4, -0.2) is 39.9 Å². The molecule has 0 heterocycles. The van der Waals surface area contributed by atoms with E-state index >= 15 is 0 Å². The highest BCUT2D eigenvalue weighted by atomic mass is 16.5. The van der Waals surface area contributed by atoms with E-state index < -0.39 is 6.09 Å². The number of hydrogen-bond acceptors (Lipinski definition) is 7. The number of carbonyl (C=O) groups excluding carboxylic acids is 2. The number of nitrogens with one attached hydrogen (secondary N) is 2. The Morgan fingerprint density at radius 1 is 0.786 bits per heavy atom. The first-order valence-corrected chi connectivity index (χ1v) is 13.1. The lowest BCUT2D eigenvalue weighted by Crippen LogP contribution is -2.24. The highest BCUT2D eigenvalue weighted by Crippen LogP contribution is 2.30. The van der Waals surface area contributed by atoms with Gasteiger partial charge in [-0.1, -0.05) is 42.5 Å². The van der Waals surface area contributed by atoms with E-state index in [-0.39, 0.29) is 19.1 Å². The molecule has 0 aliphatic carbocycles. The summed E-state index contributed by atoms with van der Waals surface area (Å²) >= 11 is 0. The molecule has 0 aliphatic rings. The predicted octanol–water partition coefficient (Wildman–Crippen LogP) is 6.01. The van der Waals surface area contributed by atoms with Crippen molar-refractivity contribution in [3.63, 3.8) is 0 Å². The number of methoxy groups -OCH3 is 3. The normalized spacial score (nSPS) is 10.9. The summed E-state index contributed by atoms with van der Waals surface area (Å²) in [7, 11) is 4.76. The maximum absolute atomic E-state index is 12.6.